The summed E-state index contributed by atoms with van der Waals surface area (Å²) in [6, 6.07) is 9.22. The van der Waals surface area contributed by atoms with Crippen LogP contribution in [0.2, 0.25) is 0 Å². The molecule has 1 aromatic heterocycles. The van der Waals surface area contributed by atoms with Gasteiger partial charge in [-0.15, -0.1) is 0 Å². The first-order chi connectivity index (χ1) is 13.7. The maximum atomic E-state index is 12.5. The number of carbonyl (C=O) groups is 2. The normalized spacial score (nSPS) is 17.2. The molecule has 2 N–H and O–H groups in total. The highest BCUT2D eigenvalue weighted by molar-refractivity contribution is 6.04. The minimum absolute atomic E-state index is 0.115. The topological polar surface area (TPSA) is 90.5 Å². The Kier molecular flexibility index (Phi) is 5.48. The van der Waals surface area contributed by atoms with Gasteiger partial charge in [-0.25, -0.2) is 9.97 Å². The average Bonchev–Trinajstić information content (AvgIpc) is 3.53. The quantitative estimate of drug-likeness (QED) is 0.781. The fourth-order valence-corrected chi connectivity index (χ4v) is 3.23. The minimum Gasteiger partial charge on any atom is -0.349 e. The number of amides is 2. The van der Waals surface area contributed by atoms with Crippen LogP contribution >= 0.6 is 0 Å². The van der Waals surface area contributed by atoms with E-state index in [4.69, 9.17) is 0 Å². The highest BCUT2D eigenvalue weighted by Crippen LogP contribution is 2.21. The lowest BCUT2D eigenvalue weighted by Crippen LogP contribution is -2.49. The molecule has 0 unspecified atom stereocenters. The number of nitrogens with one attached hydrogen (secondary N) is 2. The highest BCUT2D eigenvalue weighted by atomic mass is 16.2. The lowest BCUT2D eigenvalue weighted by Gasteiger charge is -2.34. The van der Waals surface area contributed by atoms with Gasteiger partial charge in [0.1, 0.15) is 0 Å². The van der Waals surface area contributed by atoms with Crippen LogP contribution in [0.15, 0.2) is 42.7 Å². The molecule has 2 aromatic rings. The Labute approximate surface area is 164 Å². The molecule has 8 nitrogen and oxygen atoms in total. The molecule has 2 fully saturated rings. The second-order valence-corrected chi connectivity index (χ2v) is 7.15. The third-order valence-corrected chi connectivity index (χ3v) is 4.93. The fraction of sp³-hybridized carbons (Fsp3) is 0.400. The molecule has 1 saturated carbocycles. The van der Waals surface area contributed by atoms with Gasteiger partial charge in [-0.3, -0.25) is 14.5 Å². The van der Waals surface area contributed by atoms with E-state index in [1.807, 2.05) is 12.1 Å². The summed E-state index contributed by atoms with van der Waals surface area (Å²) in [5.41, 5.74) is 1.07. The summed E-state index contributed by atoms with van der Waals surface area (Å²) in [4.78, 5) is 37.7. The van der Waals surface area contributed by atoms with Crippen LogP contribution in [0.5, 0.6) is 0 Å². The van der Waals surface area contributed by atoms with E-state index < -0.39 is 0 Å². The molecule has 2 amide bonds. The number of para-hydroxylation sites is 1. The number of carbonyl (C=O) groups excluding carboxylic acids is 2. The molecule has 1 saturated heterocycles. The summed E-state index contributed by atoms with van der Waals surface area (Å²) in [5.74, 6) is 0.480. The molecule has 1 aliphatic heterocycles. The van der Waals surface area contributed by atoms with E-state index in [-0.39, 0.29) is 17.9 Å². The minimum atomic E-state index is -0.130. The van der Waals surface area contributed by atoms with Gasteiger partial charge in [0.25, 0.3) is 5.91 Å². The Bertz CT molecular complexity index is 832. The van der Waals surface area contributed by atoms with Crippen LogP contribution in [0.1, 0.15) is 23.2 Å². The van der Waals surface area contributed by atoms with Gasteiger partial charge < -0.3 is 15.5 Å². The van der Waals surface area contributed by atoms with Crippen molar-refractivity contribution in [1.82, 2.24) is 20.2 Å². The van der Waals surface area contributed by atoms with Gasteiger partial charge >= 0.3 is 0 Å². The number of aromatic nitrogens is 2. The molecule has 28 heavy (non-hydrogen) atoms. The van der Waals surface area contributed by atoms with Crippen molar-refractivity contribution in [2.45, 2.75) is 18.9 Å². The lowest BCUT2D eigenvalue weighted by molar-refractivity contribution is -0.117. The molecule has 1 aliphatic carbocycles. The molecule has 4 rings (SSSR count). The van der Waals surface area contributed by atoms with Gasteiger partial charge in [0.15, 0.2) is 0 Å². The third-order valence-electron chi connectivity index (χ3n) is 4.93. The summed E-state index contributed by atoms with van der Waals surface area (Å²) in [7, 11) is 0. The SMILES string of the molecule is O=C(CN1CCN(c2ncccn2)CC1)Nc1ccccc1C(=O)NC1CC1. The van der Waals surface area contributed by atoms with Crippen LogP contribution < -0.4 is 15.5 Å². The summed E-state index contributed by atoms with van der Waals surface area (Å²) >= 11 is 0. The number of benzene rings is 1. The first kappa shape index (κ1) is 18.4. The summed E-state index contributed by atoms with van der Waals surface area (Å²) < 4.78 is 0. The van der Waals surface area contributed by atoms with Gasteiger partial charge in [-0.2, -0.15) is 0 Å². The van der Waals surface area contributed by atoms with Gasteiger partial charge in [-0.05, 0) is 31.0 Å². The van der Waals surface area contributed by atoms with Crippen LogP contribution in [-0.2, 0) is 4.79 Å². The standard InChI is InChI=1S/C20H24N6O2/c27-18(14-25-10-12-26(13-11-25)20-21-8-3-9-22-20)24-17-5-2-1-4-16(17)19(28)23-15-6-7-15/h1-5,8-9,15H,6-7,10-14H2,(H,23,28)(H,24,27). The highest BCUT2D eigenvalue weighted by Gasteiger charge is 2.25. The Balaban J connectivity index is 1.30. The van der Waals surface area contributed by atoms with Crippen LogP contribution in [0.3, 0.4) is 0 Å². The van der Waals surface area contributed by atoms with E-state index >= 15 is 0 Å². The number of nitrogens with zero attached hydrogens (tertiary/aromatic N) is 4. The lowest BCUT2D eigenvalue weighted by atomic mass is 10.1. The smallest absolute Gasteiger partial charge is 0.253 e. The van der Waals surface area contributed by atoms with Crippen LogP contribution in [0.25, 0.3) is 0 Å². The zero-order valence-corrected chi connectivity index (χ0v) is 15.7. The van der Waals surface area contributed by atoms with Crippen molar-refractivity contribution in [3.05, 3.63) is 48.3 Å². The first-order valence-corrected chi connectivity index (χ1v) is 9.63. The molecule has 0 bridgehead atoms. The van der Waals surface area contributed by atoms with Crippen LogP contribution in [0.4, 0.5) is 11.6 Å². The largest absolute Gasteiger partial charge is 0.349 e. The Morgan fingerprint density at radius 2 is 1.71 bits per heavy atom. The van der Waals surface area contributed by atoms with Gasteiger partial charge in [-0.1, -0.05) is 12.1 Å². The van der Waals surface area contributed by atoms with Crippen molar-refractivity contribution in [2.75, 3.05) is 42.9 Å². The molecule has 8 heteroatoms. The van der Waals surface area contributed by atoms with Crippen LogP contribution in [0, 0.1) is 0 Å². The van der Waals surface area contributed by atoms with Crippen molar-refractivity contribution in [3.63, 3.8) is 0 Å². The molecule has 0 atom stereocenters. The number of hydrogen-bond acceptors (Lipinski definition) is 6. The van der Waals surface area contributed by atoms with E-state index in [0.717, 1.165) is 45.0 Å². The second kappa shape index (κ2) is 8.35. The van der Waals surface area contributed by atoms with E-state index in [2.05, 4.69) is 30.4 Å². The van der Waals surface area contributed by atoms with Gasteiger partial charge in [0.05, 0.1) is 17.8 Å². The molecule has 0 radical (unpaired) electrons. The number of anilines is 2. The molecule has 146 valence electrons. The average molecular weight is 380 g/mol. The van der Waals surface area contributed by atoms with E-state index in [0.29, 0.717) is 17.8 Å². The second-order valence-electron chi connectivity index (χ2n) is 7.15. The zero-order valence-electron chi connectivity index (χ0n) is 15.7. The number of rotatable bonds is 6. The Morgan fingerprint density at radius 1 is 1.00 bits per heavy atom. The van der Waals surface area contributed by atoms with Crippen LogP contribution in [-0.4, -0.2) is 65.4 Å². The van der Waals surface area contributed by atoms with E-state index in [1.54, 1.807) is 30.6 Å². The van der Waals surface area contributed by atoms with Gasteiger partial charge in [0, 0.05) is 44.6 Å². The van der Waals surface area contributed by atoms with E-state index in [1.165, 1.54) is 0 Å². The summed E-state index contributed by atoms with van der Waals surface area (Å²) in [5, 5.41) is 5.86. The molecule has 0 spiro atoms. The predicted molar refractivity (Wildman–Crippen MR) is 106 cm³/mol. The summed E-state index contributed by atoms with van der Waals surface area (Å²) in [6.07, 6.45) is 5.53. The Morgan fingerprint density at radius 3 is 2.43 bits per heavy atom. The molecule has 1 aromatic carbocycles. The third kappa shape index (κ3) is 4.64. The van der Waals surface area contributed by atoms with Crippen molar-refractivity contribution in [3.8, 4) is 0 Å². The predicted octanol–water partition coefficient (Wildman–Crippen LogP) is 1.13. The van der Waals surface area contributed by atoms with E-state index in [9.17, 15) is 9.59 Å². The number of piperazine rings is 1. The number of hydrogen-bond donors (Lipinski definition) is 2. The maximum Gasteiger partial charge on any atom is 0.253 e. The van der Waals surface area contributed by atoms with Crippen molar-refractivity contribution in [1.29, 1.82) is 0 Å². The first-order valence-electron chi connectivity index (χ1n) is 9.63. The molecular weight excluding hydrogens is 356 g/mol. The Hall–Kier alpha value is -3.00. The maximum absolute atomic E-state index is 12.5. The molecular formula is C20H24N6O2. The molecule has 2 aliphatic rings. The fourth-order valence-electron chi connectivity index (χ4n) is 3.23. The summed E-state index contributed by atoms with van der Waals surface area (Å²) in [6.45, 7) is 3.36. The van der Waals surface area contributed by atoms with Crippen molar-refractivity contribution in [2.24, 2.45) is 0 Å². The van der Waals surface area contributed by atoms with Crippen molar-refractivity contribution < 1.29 is 9.59 Å². The van der Waals surface area contributed by atoms with Gasteiger partial charge in [0.2, 0.25) is 11.9 Å². The molecule has 2 heterocycles. The van der Waals surface area contributed by atoms with Crippen molar-refractivity contribution >= 4 is 23.5 Å². The monoisotopic (exact) mass is 380 g/mol. The zero-order chi connectivity index (χ0) is 19.3.